The Morgan fingerprint density at radius 1 is 1.21 bits per heavy atom. The summed E-state index contributed by atoms with van der Waals surface area (Å²) >= 11 is 0. The zero-order valence-corrected chi connectivity index (χ0v) is 8.03. The van der Waals surface area contributed by atoms with E-state index in [2.05, 4.69) is 6.07 Å². The van der Waals surface area contributed by atoms with Crippen molar-refractivity contribution in [2.75, 3.05) is 0 Å². The summed E-state index contributed by atoms with van der Waals surface area (Å²) in [5, 5.41) is 17.8. The van der Waals surface area contributed by atoms with Gasteiger partial charge in [0.25, 0.3) is 0 Å². The summed E-state index contributed by atoms with van der Waals surface area (Å²) in [5.41, 5.74) is 2.05. The highest BCUT2D eigenvalue weighted by Crippen LogP contribution is 2.47. The molecule has 0 saturated heterocycles. The zero-order chi connectivity index (χ0) is 10.0. The van der Waals surface area contributed by atoms with E-state index in [9.17, 15) is 0 Å². The molecule has 0 aromatic heterocycles. The molecule has 72 valence electrons. The zero-order valence-electron chi connectivity index (χ0n) is 8.03. The third kappa shape index (κ3) is 1.78. The van der Waals surface area contributed by atoms with E-state index in [1.807, 2.05) is 24.3 Å². The molecule has 0 unspecified atom stereocenters. The quantitative estimate of drug-likeness (QED) is 0.786. The van der Waals surface area contributed by atoms with Crippen LogP contribution in [0, 0.1) is 16.7 Å². The lowest BCUT2D eigenvalue weighted by Crippen LogP contribution is -2.01. The Kier molecular flexibility index (Phi) is 2.26. The second kappa shape index (κ2) is 3.43. The van der Waals surface area contributed by atoms with Gasteiger partial charge in [-0.1, -0.05) is 24.3 Å². The smallest absolute Gasteiger partial charge is 0.0693 e. The van der Waals surface area contributed by atoms with Crippen molar-refractivity contribution in [1.82, 2.24) is 0 Å². The van der Waals surface area contributed by atoms with Crippen LogP contribution in [0.1, 0.15) is 24.0 Å². The van der Waals surface area contributed by atoms with Crippen LogP contribution in [0.25, 0.3) is 0 Å². The Bertz CT molecular complexity index is 357. The molecule has 0 heterocycles. The fourth-order valence-electron chi connectivity index (χ4n) is 1.63. The third-order valence-electron chi connectivity index (χ3n) is 2.84. The minimum absolute atomic E-state index is 0.0687. The summed E-state index contributed by atoms with van der Waals surface area (Å²) in [6.07, 6.45) is 2.92. The number of aliphatic hydroxyl groups excluding tert-OH is 1. The molecule has 1 aliphatic rings. The number of benzene rings is 1. The molecule has 0 bridgehead atoms. The number of hydrogen-bond acceptors (Lipinski definition) is 2. The number of rotatable bonds is 3. The molecule has 2 nitrogen and oxygen atoms in total. The second-order valence-electron chi connectivity index (χ2n) is 4.04. The Morgan fingerprint density at radius 2 is 1.79 bits per heavy atom. The summed E-state index contributed by atoms with van der Waals surface area (Å²) in [6, 6.07) is 10.2. The van der Waals surface area contributed by atoms with Crippen molar-refractivity contribution in [1.29, 1.82) is 5.26 Å². The molecule has 0 spiro atoms. The van der Waals surface area contributed by atoms with Crippen LogP contribution in [0.5, 0.6) is 0 Å². The van der Waals surface area contributed by atoms with E-state index in [4.69, 9.17) is 10.4 Å². The van der Waals surface area contributed by atoms with Crippen LogP contribution in [0.4, 0.5) is 0 Å². The van der Waals surface area contributed by atoms with Gasteiger partial charge in [-0.15, -0.1) is 0 Å². The number of aliphatic hydroxyl groups is 1. The minimum Gasteiger partial charge on any atom is -0.392 e. The van der Waals surface area contributed by atoms with E-state index in [1.54, 1.807) is 0 Å². The van der Waals surface area contributed by atoms with E-state index in [0.29, 0.717) is 0 Å². The molecule has 1 fully saturated rings. The monoisotopic (exact) mass is 187 g/mol. The first kappa shape index (κ1) is 9.23. The first-order chi connectivity index (χ1) is 6.78. The summed E-state index contributed by atoms with van der Waals surface area (Å²) in [6.45, 7) is 0.0870. The standard InChI is InChI=1S/C12H13NO/c13-9-12(5-6-12)7-10-1-3-11(8-14)4-2-10/h1-4,14H,5-8H2. The lowest BCUT2D eigenvalue weighted by molar-refractivity contribution is 0.282. The number of nitrogens with zero attached hydrogens (tertiary/aromatic N) is 1. The molecule has 2 heteroatoms. The fourth-order valence-corrected chi connectivity index (χ4v) is 1.63. The normalized spacial score (nSPS) is 17.4. The van der Waals surface area contributed by atoms with E-state index >= 15 is 0 Å². The molecule has 2 rings (SSSR count). The summed E-state index contributed by atoms with van der Waals surface area (Å²) in [7, 11) is 0. The van der Waals surface area contributed by atoms with Crippen LogP contribution in [-0.4, -0.2) is 5.11 Å². The van der Waals surface area contributed by atoms with Gasteiger partial charge in [0.15, 0.2) is 0 Å². The van der Waals surface area contributed by atoms with Crippen molar-refractivity contribution in [2.45, 2.75) is 25.9 Å². The maximum atomic E-state index is 8.93. The number of nitriles is 1. The van der Waals surface area contributed by atoms with Gasteiger partial charge in [-0.2, -0.15) is 5.26 Å². The van der Waals surface area contributed by atoms with Crippen molar-refractivity contribution in [3.63, 3.8) is 0 Å². The van der Waals surface area contributed by atoms with Gasteiger partial charge in [-0.25, -0.2) is 0 Å². The maximum absolute atomic E-state index is 8.93. The third-order valence-corrected chi connectivity index (χ3v) is 2.84. The van der Waals surface area contributed by atoms with Gasteiger partial charge in [0.1, 0.15) is 0 Å². The molecule has 0 aliphatic heterocycles. The van der Waals surface area contributed by atoms with E-state index in [0.717, 1.165) is 24.8 Å². The Hall–Kier alpha value is -1.33. The molecular formula is C12H13NO. The largest absolute Gasteiger partial charge is 0.392 e. The fraction of sp³-hybridized carbons (Fsp3) is 0.417. The molecule has 0 atom stereocenters. The average molecular weight is 187 g/mol. The Labute approximate surface area is 83.8 Å². The molecule has 1 N–H and O–H groups in total. The highest BCUT2D eigenvalue weighted by atomic mass is 16.3. The maximum Gasteiger partial charge on any atom is 0.0693 e. The van der Waals surface area contributed by atoms with E-state index in [1.165, 1.54) is 5.56 Å². The second-order valence-corrected chi connectivity index (χ2v) is 4.04. The predicted octanol–water partition coefficient (Wildman–Crippen LogP) is 2.03. The van der Waals surface area contributed by atoms with Crippen LogP contribution in [0.2, 0.25) is 0 Å². The molecule has 0 radical (unpaired) electrons. The van der Waals surface area contributed by atoms with Crippen molar-refractivity contribution in [3.8, 4) is 6.07 Å². The van der Waals surface area contributed by atoms with Crippen LogP contribution < -0.4 is 0 Å². The van der Waals surface area contributed by atoms with Gasteiger partial charge in [-0.05, 0) is 30.4 Å². The van der Waals surface area contributed by atoms with Gasteiger partial charge in [0.2, 0.25) is 0 Å². The first-order valence-electron chi connectivity index (χ1n) is 4.88. The lowest BCUT2D eigenvalue weighted by Gasteiger charge is -2.05. The van der Waals surface area contributed by atoms with Crippen molar-refractivity contribution >= 4 is 0 Å². The molecule has 1 aromatic rings. The van der Waals surface area contributed by atoms with E-state index in [-0.39, 0.29) is 12.0 Å². The van der Waals surface area contributed by atoms with Crippen LogP contribution in [0.3, 0.4) is 0 Å². The van der Waals surface area contributed by atoms with Crippen molar-refractivity contribution in [2.24, 2.45) is 5.41 Å². The molecule has 0 amide bonds. The van der Waals surface area contributed by atoms with E-state index < -0.39 is 0 Å². The van der Waals surface area contributed by atoms with Crippen LogP contribution >= 0.6 is 0 Å². The summed E-state index contributed by atoms with van der Waals surface area (Å²) < 4.78 is 0. The molecule has 14 heavy (non-hydrogen) atoms. The lowest BCUT2D eigenvalue weighted by atomic mass is 9.97. The van der Waals surface area contributed by atoms with Crippen molar-refractivity contribution in [3.05, 3.63) is 35.4 Å². The minimum atomic E-state index is -0.0687. The Morgan fingerprint density at radius 3 is 2.21 bits per heavy atom. The van der Waals surface area contributed by atoms with Gasteiger partial charge < -0.3 is 5.11 Å². The molecular weight excluding hydrogens is 174 g/mol. The van der Waals surface area contributed by atoms with Gasteiger partial charge >= 0.3 is 0 Å². The highest BCUT2D eigenvalue weighted by Gasteiger charge is 2.42. The van der Waals surface area contributed by atoms with Gasteiger partial charge in [0, 0.05) is 0 Å². The van der Waals surface area contributed by atoms with Crippen molar-refractivity contribution < 1.29 is 5.11 Å². The van der Waals surface area contributed by atoms with Crippen LogP contribution in [-0.2, 0) is 13.0 Å². The average Bonchev–Trinajstić information content (AvgIpc) is 3.00. The molecule has 1 saturated carbocycles. The highest BCUT2D eigenvalue weighted by molar-refractivity contribution is 5.26. The van der Waals surface area contributed by atoms with Gasteiger partial charge in [-0.3, -0.25) is 0 Å². The summed E-state index contributed by atoms with van der Waals surface area (Å²) in [4.78, 5) is 0. The summed E-state index contributed by atoms with van der Waals surface area (Å²) in [5.74, 6) is 0. The Balaban J connectivity index is 2.08. The van der Waals surface area contributed by atoms with Gasteiger partial charge in [0.05, 0.1) is 18.1 Å². The number of hydrogen-bond donors (Lipinski definition) is 1. The molecule has 1 aromatic carbocycles. The predicted molar refractivity (Wildman–Crippen MR) is 53.3 cm³/mol. The topological polar surface area (TPSA) is 44.0 Å². The first-order valence-corrected chi connectivity index (χ1v) is 4.88. The SMILES string of the molecule is N#CC1(Cc2ccc(CO)cc2)CC1. The van der Waals surface area contributed by atoms with Crippen LogP contribution in [0.15, 0.2) is 24.3 Å². The molecule has 1 aliphatic carbocycles.